The van der Waals surface area contributed by atoms with Gasteiger partial charge in [0.05, 0.1) is 25.4 Å². The minimum absolute atomic E-state index is 0.150. The van der Waals surface area contributed by atoms with Gasteiger partial charge < -0.3 is 20.3 Å². The molecule has 1 saturated heterocycles. The normalized spacial score (nSPS) is 15.5. The number of rotatable bonds is 6. The Bertz CT molecular complexity index is 771. The molecule has 0 amide bonds. The Kier molecular flexibility index (Phi) is 6.52. The number of nitrogens with one attached hydrogen (secondary N) is 2. The Labute approximate surface area is 161 Å². The maximum absolute atomic E-state index is 5.17. The third kappa shape index (κ3) is 5.12. The lowest BCUT2D eigenvalue weighted by Crippen LogP contribution is -2.38. The first-order valence-electron chi connectivity index (χ1n) is 9.51. The van der Waals surface area contributed by atoms with E-state index in [1.54, 1.807) is 14.2 Å². The molecule has 2 heterocycles. The van der Waals surface area contributed by atoms with Gasteiger partial charge in [0.25, 0.3) is 0 Å². The second kappa shape index (κ2) is 9.26. The van der Waals surface area contributed by atoms with Crippen LogP contribution in [-0.2, 0) is 6.54 Å². The highest BCUT2D eigenvalue weighted by molar-refractivity contribution is 5.80. The van der Waals surface area contributed by atoms with E-state index in [-0.39, 0.29) is 6.04 Å². The maximum atomic E-state index is 5.17. The van der Waals surface area contributed by atoms with Gasteiger partial charge in [-0.05, 0) is 43.5 Å². The van der Waals surface area contributed by atoms with Crippen molar-refractivity contribution in [3.05, 3.63) is 53.7 Å². The number of guanidine groups is 1. The van der Waals surface area contributed by atoms with Crippen LogP contribution in [0.25, 0.3) is 0 Å². The van der Waals surface area contributed by atoms with Gasteiger partial charge in [0.2, 0.25) is 5.88 Å². The lowest BCUT2D eigenvalue weighted by molar-refractivity contribution is 0.396. The summed E-state index contributed by atoms with van der Waals surface area (Å²) in [6, 6.07) is 14.7. The van der Waals surface area contributed by atoms with Gasteiger partial charge in [-0.3, -0.25) is 4.99 Å². The van der Waals surface area contributed by atoms with Crippen LogP contribution in [0.15, 0.2) is 47.5 Å². The van der Waals surface area contributed by atoms with Crippen LogP contribution in [0.4, 0.5) is 5.69 Å². The molecule has 1 aliphatic heterocycles. The molecule has 0 aliphatic carbocycles. The molecule has 1 aromatic carbocycles. The number of nitrogens with zero attached hydrogens (tertiary/aromatic N) is 3. The molecular weight excluding hydrogens is 338 g/mol. The van der Waals surface area contributed by atoms with Crippen LogP contribution in [0, 0.1) is 0 Å². The van der Waals surface area contributed by atoms with Crippen molar-refractivity contribution in [3.8, 4) is 5.88 Å². The topological polar surface area (TPSA) is 61.8 Å². The summed E-state index contributed by atoms with van der Waals surface area (Å²) in [5, 5.41) is 6.78. The number of ether oxygens (including phenoxy) is 1. The van der Waals surface area contributed by atoms with E-state index in [1.165, 1.54) is 24.1 Å². The molecule has 0 spiro atoms. The highest BCUT2D eigenvalue weighted by atomic mass is 16.5. The van der Waals surface area contributed by atoms with Crippen LogP contribution in [0.1, 0.15) is 37.1 Å². The number of methoxy groups -OCH3 is 1. The van der Waals surface area contributed by atoms with Gasteiger partial charge >= 0.3 is 0 Å². The molecule has 144 valence electrons. The summed E-state index contributed by atoms with van der Waals surface area (Å²) < 4.78 is 5.17. The first-order chi connectivity index (χ1) is 13.2. The SMILES string of the molecule is CN=C(NCc1cccc(OC)n1)NC(C)c1cccc(N2CCCC2)c1. The molecule has 1 aromatic heterocycles. The van der Waals surface area contributed by atoms with Crippen molar-refractivity contribution in [1.29, 1.82) is 0 Å². The first-order valence-corrected chi connectivity index (χ1v) is 9.51. The Balaban J connectivity index is 1.59. The summed E-state index contributed by atoms with van der Waals surface area (Å²) in [5.41, 5.74) is 3.46. The molecule has 3 rings (SSSR count). The average Bonchev–Trinajstić information content (AvgIpc) is 3.26. The fraction of sp³-hybridized carbons (Fsp3) is 0.429. The van der Waals surface area contributed by atoms with E-state index < -0.39 is 0 Å². The summed E-state index contributed by atoms with van der Waals surface area (Å²) in [6.07, 6.45) is 2.57. The molecule has 6 heteroatoms. The summed E-state index contributed by atoms with van der Waals surface area (Å²) >= 11 is 0. The number of benzene rings is 1. The molecule has 2 N–H and O–H groups in total. The van der Waals surface area contributed by atoms with Crippen LogP contribution < -0.4 is 20.3 Å². The fourth-order valence-electron chi connectivity index (χ4n) is 3.29. The number of anilines is 1. The van der Waals surface area contributed by atoms with Crippen LogP contribution in [0.3, 0.4) is 0 Å². The van der Waals surface area contributed by atoms with E-state index >= 15 is 0 Å². The van der Waals surface area contributed by atoms with Crippen LogP contribution in [-0.4, -0.2) is 38.2 Å². The molecule has 6 nitrogen and oxygen atoms in total. The third-order valence-electron chi connectivity index (χ3n) is 4.85. The van der Waals surface area contributed by atoms with E-state index in [2.05, 4.69) is 56.7 Å². The van der Waals surface area contributed by atoms with Gasteiger partial charge in [-0.2, -0.15) is 0 Å². The quantitative estimate of drug-likeness (QED) is 0.607. The summed E-state index contributed by atoms with van der Waals surface area (Å²) in [6.45, 7) is 5.04. The molecule has 1 atom stereocenters. The molecule has 27 heavy (non-hydrogen) atoms. The second-order valence-corrected chi connectivity index (χ2v) is 6.75. The van der Waals surface area contributed by atoms with Gasteiger partial charge in [-0.15, -0.1) is 0 Å². The number of aromatic nitrogens is 1. The third-order valence-corrected chi connectivity index (χ3v) is 4.85. The Morgan fingerprint density at radius 1 is 1.22 bits per heavy atom. The zero-order valence-electron chi connectivity index (χ0n) is 16.4. The largest absolute Gasteiger partial charge is 0.481 e. The minimum Gasteiger partial charge on any atom is -0.481 e. The zero-order valence-corrected chi connectivity index (χ0v) is 16.4. The summed E-state index contributed by atoms with van der Waals surface area (Å²) in [4.78, 5) is 11.2. The monoisotopic (exact) mass is 367 g/mol. The van der Waals surface area contributed by atoms with E-state index in [9.17, 15) is 0 Å². The Morgan fingerprint density at radius 3 is 2.74 bits per heavy atom. The van der Waals surface area contributed by atoms with Crippen LogP contribution >= 0.6 is 0 Å². The molecule has 0 bridgehead atoms. The van der Waals surface area contributed by atoms with Gasteiger partial charge in [0.15, 0.2) is 5.96 Å². The summed E-state index contributed by atoms with van der Waals surface area (Å²) in [5.74, 6) is 1.36. The van der Waals surface area contributed by atoms with Crippen molar-refractivity contribution in [2.24, 2.45) is 4.99 Å². The second-order valence-electron chi connectivity index (χ2n) is 6.75. The highest BCUT2D eigenvalue weighted by Crippen LogP contribution is 2.23. The predicted octanol–water partition coefficient (Wildman–Crippen LogP) is 3.12. The van der Waals surface area contributed by atoms with Crippen molar-refractivity contribution in [3.63, 3.8) is 0 Å². The molecular formula is C21H29N5O. The molecule has 1 fully saturated rings. The van der Waals surface area contributed by atoms with E-state index in [1.807, 2.05) is 18.2 Å². The lowest BCUT2D eigenvalue weighted by Gasteiger charge is -2.22. The lowest BCUT2D eigenvalue weighted by atomic mass is 10.1. The smallest absolute Gasteiger partial charge is 0.213 e. The van der Waals surface area contributed by atoms with Crippen molar-refractivity contribution in [2.75, 3.05) is 32.1 Å². The molecule has 2 aromatic rings. The Hall–Kier alpha value is -2.76. The van der Waals surface area contributed by atoms with Crippen LogP contribution in [0.2, 0.25) is 0 Å². The minimum atomic E-state index is 0.150. The number of hydrogen-bond donors (Lipinski definition) is 2. The summed E-state index contributed by atoms with van der Waals surface area (Å²) in [7, 11) is 3.40. The number of pyridine rings is 1. The van der Waals surface area contributed by atoms with E-state index in [4.69, 9.17) is 4.74 Å². The van der Waals surface area contributed by atoms with Gasteiger partial charge in [0, 0.05) is 31.9 Å². The average molecular weight is 367 g/mol. The number of aliphatic imine (C=N–C) groups is 1. The maximum Gasteiger partial charge on any atom is 0.213 e. The zero-order chi connectivity index (χ0) is 19.1. The van der Waals surface area contributed by atoms with Gasteiger partial charge in [-0.1, -0.05) is 18.2 Å². The molecule has 0 radical (unpaired) electrons. The molecule has 0 saturated carbocycles. The van der Waals surface area contributed by atoms with Gasteiger partial charge in [0.1, 0.15) is 0 Å². The predicted molar refractivity (Wildman–Crippen MR) is 110 cm³/mol. The fourth-order valence-corrected chi connectivity index (χ4v) is 3.29. The van der Waals surface area contributed by atoms with Crippen LogP contribution in [0.5, 0.6) is 5.88 Å². The standard InChI is InChI=1S/C21H29N5O/c1-16(17-8-6-10-19(14-17)26-12-4-5-13-26)24-21(22-2)23-15-18-9-7-11-20(25-18)27-3/h6-11,14,16H,4-5,12-13,15H2,1-3H3,(H2,22,23,24). The van der Waals surface area contributed by atoms with Crippen molar-refractivity contribution >= 4 is 11.6 Å². The van der Waals surface area contributed by atoms with Gasteiger partial charge in [-0.25, -0.2) is 4.98 Å². The molecule has 1 unspecified atom stereocenters. The van der Waals surface area contributed by atoms with Crippen molar-refractivity contribution in [1.82, 2.24) is 15.6 Å². The number of hydrogen-bond acceptors (Lipinski definition) is 4. The van der Waals surface area contributed by atoms with Crippen molar-refractivity contribution in [2.45, 2.75) is 32.4 Å². The molecule has 1 aliphatic rings. The van der Waals surface area contributed by atoms with Crippen molar-refractivity contribution < 1.29 is 4.74 Å². The Morgan fingerprint density at radius 2 is 2.00 bits per heavy atom. The first kappa shape index (κ1) is 19.0. The highest BCUT2D eigenvalue weighted by Gasteiger charge is 2.14. The van der Waals surface area contributed by atoms with E-state index in [0.717, 1.165) is 24.7 Å². The van der Waals surface area contributed by atoms with E-state index in [0.29, 0.717) is 12.4 Å².